The largest absolute Gasteiger partial charge is 0.493 e. The molecule has 0 aliphatic carbocycles. The Morgan fingerprint density at radius 1 is 1.33 bits per heavy atom. The van der Waals surface area contributed by atoms with Crippen LogP contribution in [0.1, 0.15) is 23.0 Å². The zero-order chi connectivity index (χ0) is 15.6. The van der Waals surface area contributed by atoms with Gasteiger partial charge in [-0.3, -0.25) is 4.68 Å². The Balaban J connectivity index is 2.34. The maximum absolute atomic E-state index is 6.34. The molecule has 1 aromatic heterocycles. The van der Waals surface area contributed by atoms with Gasteiger partial charge >= 0.3 is 0 Å². The summed E-state index contributed by atoms with van der Waals surface area (Å²) >= 11 is 6.28. The molecule has 1 aromatic carbocycles. The standard InChI is InChI=1S/C15H20ClN3O2/c1-9-14(16)12(19(2)18-9)8-11(17)10-6-5-7-13(20-3)15(10)21-4/h5-7,11H,8,17H2,1-4H3. The molecule has 2 aromatic rings. The van der Waals surface area contributed by atoms with E-state index in [0.717, 1.165) is 17.0 Å². The zero-order valence-electron chi connectivity index (χ0n) is 12.7. The SMILES string of the molecule is COc1cccc(C(N)Cc2c(Cl)c(C)nn2C)c1OC. The van der Waals surface area contributed by atoms with Crippen LogP contribution in [0.4, 0.5) is 0 Å². The van der Waals surface area contributed by atoms with Crippen LogP contribution >= 0.6 is 11.6 Å². The van der Waals surface area contributed by atoms with E-state index in [-0.39, 0.29) is 6.04 Å². The molecule has 6 heteroatoms. The van der Waals surface area contributed by atoms with Gasteiger partial charge in [0.1, 0.15) is 0 Å². The van der Waals surface area contributed by atoms with Crippen LogP contribution in [0, 0.1) is 6.92 Å². The van der Waals surface area contributed by atoms with Crippen molar-refractivity contribution < 1.29 is 9.47 Å². The molecule has 1 heterocycles. The zero-order valence-corrected chi connectivity index (χ0v) is 13.4. The van der Waals surface area contributed by atoms with E-state index in [0.29, 0.717) is 22.9 Å². The first-order valence-corrected chi connectivity index (χ1v) is 7.01. The van der Waals surface area contributed by atoms with Crippen molar-refractivity contribution in [2.45, 2.75) is 19.4 Å². The van der Waals surface area contributed by atoms with Gasteiger partial charge < -0.3 is 15.2 Å². The van der Waals surface area contributed by atoms with E-state index in [9.17, 15) is 0 Å². The second-order valence-corrected chi connectivity index (χ2v) is 5.24. The molecule has 5 nitrogen and oxygen atoms in total. The third kappa shape index (κ3) is 2.99. The molecule has 0 saturated heterocycles. The normalized spacial score (nSPS) is 12.3. The first-order valence-electron chi connectivity index (χ1n) is 6.64. The number of nitrogens with two attached hydrogens (primary N) is 1. The van der Waals surface area contributed by atoms with Gasteiger partial charge in [-0.05, 0) is 13.0 Å². The summed E-state index contributed by atoms with van der Waals surface area (Å²) in [6, 6.07) is 5.41. The lowest BCUT2D eigenvalue weighted by Crippen LogP contribution is -2.17. The topological polar surface area (TPSA) is 62.3 Å². The Morgan fingerprint density at radius 3 is 2.57 bits per heavy atom. The maximum Gasteiger partial charge on any atom is 0.165 e. The maximum atomic E-state index is 6.34. The molecule has 2 N–H and O–H groups in total. The Morgan fingerprint density at radius 2 is 2.05 bits per heavy atom. The van der Waals surface area contributed by atoms with Crippen molar-refractivity contribution in [3.05, 3.63) is 40.2 Å². The number of benzene rings is 1. The number of halogens is 1. The highest BCUT2D eigenvalue weighted by Crippen LogP contribution is 2.35. The van der Waals surface area contributed by atoms with E-state index in [2.05, 4.69) is 5.10 Å². The molecule has 0 spiro atoms. The van der Waals surface area contributed by atoms with Gasteiger partial charge in [0, 0.05) is 25.1 Å². The quantitative estimate of drug-likeness (QED) is 0.922. The van der Waals surface area contributed by atoms with Crippen molar-refractivity contribution in [3.8, 4) is 11.5 Å². The van der Waals surface area contributed by atoms with Crippen molar-refractivity contribution in [2.24, 2.45) is 12.8 Å². The van der Waals surface area contributed by atoms with Crippen LogP contribution in [0.2, 0.25) is 5.02 Å². The van der Waals surface area contributed by atoms with E-state index < -0.39 is 0 Å². The number of methoxy groups -OCH3 is 2. The van der Waals surface area contributed by atoms with Crippen molar-refractivity contribution in [1.82, 2.24) is 9.78 Å². The monoisotopic (exact) mass is 309 g/mol. The summed E-state index contributed by atoms with van der Waals surface area (Å²) in [6.07, 6.45) is 0.569. The number of rotatable bonds is 5. The van der Waals surface area contributed by atoms with Gasteiger partial charge in [0.15, 0.2) is 11.5 Å². The highest BCUT2D eigenvalue weighted by Gasteiger charge is 2.20. The highest BCUT2D eigenvalue weighted by atomic mass is 35.5. The summed E-state index contributed by atoms with van der Waals surface area (Å²) < 4.78 is 12.5. The predicted octanol–water partition coefficient (Wildman–Crippen LogP) is 2.64. The minimum Gasteiger partial charge on any atom is -0.493 e. The van der Waals surface area contributed by atoms with Crippen LogP contribution < -0.4 is 15.2 Å². The van der Waals surface area contributed by atoms with Crippen molar-refractivity contribution >= 4 is 11.6 Å². The number of aromatic nitrogens is 2. The number of hydrogen-bond donors (Lipinski definition) is 1. The van der Waals surface area contributed by atoms with Gasteiger partial charge in [0.05, 0.1) is 30.6 Å². The number of para-hydroxylation sites is 1. The van der Waals surface area contributed by atoms with Gasteiger partial charge in [-0.15, -0.1) is 0 Å². The molecule has 1 atom stereocenters. The summed E-state index contributed by atoms with van der Waals surface area (Å²) in [4.78, 5) is 0. The molecule has 0 radical (unpaired) electrons. The van der Waals surface area contributed by atoms with Gasteiger partial charge in [-0.25, -0.2) is 0 Å². The summed E-state index contributed by atoms with van der Waals surface area (Å²) in [5, 5.41) is 4.97. The molecule has 114 valence electrons. The number of aryl methyl sites for hydroxylation is 2. The van der Waals surface area contributed by atoms with Gasteiger partial charge in [0.25, 0.3) is 0 Å². The molecule has 2 rings (SSSR count). The van der Waals surface area contributed by atoms with Crippen LogP contribution in [-0.2, 0) is 13.5 Å². The van der Waals surface area contributed by atoms with Crippen LogP contribution in [0.25, 0.3) is 0 Å². The molecule has 0 fully saturated rings. The second kappa shape index (κ2) is 6.37. The Kier molecular flexibility index (Phi) is 4.75. The van der Waals surface area contributed by atoms with Crippen molar-refractivity contribution in [2.75, 3.05) is 14.2 Å². The minimum absolute atomic E-state index is 0.262. The first kappa shape index (κ1) is 15.7. The van der Waals surface area contributed by atoms with Gasteiger partial charge in [-0.2, -0.15) is 5.10 Å². The number of hydrogen-bond acceptors (Lipinski definition) is 4. The lowest BCUT2D eigenvalue weighted by molar-refractivity contribution is 0.349. The Hall–Kier alpha value is -1.72. The predicted molar refractivity (Wildman–Crippen MR) is 83.1 cm³/mol. The van der Waals surface area contributed by atoms with Crippen LogP contribution in [0.5, 0.6) is 11.5 Å². The van der Waals surface area contributed by atoms with E-state index in [1.807, 2.05) is 32.2 Å². The molecule has 0 aliphatic heterocycles. The van der Waals surface area contributed by atoms with Crippen molar-refractivity contribution in [3.63, 3.8) is 0 Å². The Labute approximate surface area is 129 Å². The molecule has 1 unspecified atom stereocenters. The average molecular weight is 310 g/mol. The molecular formula is C15H20ClN3O2. The summed E-state index contributed by atoms with van der Waals surface area (Å²) in [7, 11) is 5.08. The van der Waals surface area contributed by atoms with Crippen LogP contribution in [0.3, 0.4) is 0 Å². The summed E-state index contributed by atoms with van der Waals surface area (Å²) in [5.41, 5.74) is 8.93. The van der Waals surface area contributed by atoms with Crippen LogP contribution in [0.15, 0.2) is 18.2 Å². The van der Waals surface area contributed by atoms with Crippen LogP contribution in [-0.4, -0.2) is 24.0 Å². The first-order chi connectivity index (χ1) is 9.99. The third-order valence-corrected chi connectivity index (χ3v) is 4.00. The molecule has 0 saturated carbocycles. The van der Waals surface area contributed by atoms with Gasteiger partial charge in [-0.1, -0.05) is 23.7 Å². The molecule has 0 amide bonds. The number of ether oxygens (including phenoxy) is 2. The molecular weight excluding hydrogens is 290 g/mol. The molecule has 0 bridgehead atoms. The summed E-state index contributed by atoms with van der Waals surface area (Å²) in [6.45, 7) is 1.88. The lowest BCUT2D eigenvalue weighted by atomic mass is 10.0. The fourth-order valence-corrected chi connectivity index (χ4v) is 2.66. The van der Waals surface area contributed by atoms with E-state index in [1.165, 1.54) is 0 Å². The van der Waals surface area contributed by atoms with E-state index in [4.69, 9.17) is 26.8 Å². The Bertz CT molecular complexity index is 640. The fourth-order valence-electron chi connectivity index (χ4n) is 2.42. The number of nitrogens with zero attached hydrogens (tertiary/aromatic N) is 2. The summed E-state index contributed by atoms with van der Waals surface area (Å²) in [5.74, 6) is 1.32. The highest BCUT2D eigenvalue weighted by molar-refractivity contribution is 6.31. The van der Waals surface area contributed by atoms with Gasteiger partial charge in [0.2, 0.25) is 0 Å². The lowest BCUT2D eigenvalue weighted by Gasteiger charge is -2.18. The third-order valence-electron chi connectivity index (χ3n) is 3.51. The fraction of sp³-hybridized carbons (Fsp3) is 0.400. The molecule has 21 heavy (non-hydrogen) atoms. The average Bonchev–Trinajstić information content (AvgIpc) is 2.72. The van der Waals surface area contributed by atoms with E-state index in [1.54, 1.807) is 18.9 Å². The van der Waals surface area contributed by atoms with Crippen molar-refractivity contribution in [1.29, 1.82) is 0 Å². The second-order valence-electron chi connectivity index (χ2n) is 4.86. The molecule has 0 aliphatic rings. The minimum atomic E-state index is -0.262. The smallest absolute Gasteiger partial charge is 0.165 e. The van der Waals surface area contributed by atoms with E-state index >= 15 is 0 Å².